The summed E-state index contributed by atoms with van der Waals surface area (Å²) in [7, 11) is 0. The second-order valence-corrected chi connectivity index (χ2v) is 5.90. The first-order valence-electron chi connectivity index (χ1n) is 8.53. The largest absolute Gasteiger partial charge is 0.472 e. The van der Waals surface area contributed by atoms with Crippen molar-refractivity contribution in [2.45, 2.75) is 6.61 Å². The van der Waals surface area contributed by atoms with Crippen molar-refractivity contribution < 1.29 is 9.47 Å². The van der Waals surface area contributed by atoms with Crippen molar-refractivity contribution in [2.75, 3.05) is 0 Å². The molecule has 0 radical (unpaired) electrons. The van der Waals surface area contributed by atoms with Crippen molar-refractivity contribution in [2.24, 2.45) is 0 Å². The van der Waals surface area contributed by atoms with Crippen LogP contribution in [0.3, 0.4) is 0 Å². The van der Waals surface area contributed by atoms with Gasteiger partial charge in [0.1, 0.15) is 18.1 Å². The summed E-state index contributed by atoms with van der Waals surface area (Å²) in [6.07, 6.45) is 3.22. The monoisotopic (exact) mass is 369 g/mol. The molecule has 0 spiro atoms. The number of hydrogen-bond donors (Lipinski definition) is 1. The van der Waals surface area contributed by atoms with Gasteiger partial charge in [-0.1, -0.05) is 18.2 Å². The van der Waals surface area contributed by atoms with E-state index in [1.54, 1.807) is 48.8 Å². The van der Waals surface area contributed by atoms with Gasteiger partial charge in [0.25, 0.3) is 0 Å². The fourth-order valence-electron chi connectivity index (χ4n) is 2.62. The molecule has 4 rings (SSSR count). The molecule has 0 aliphatic heterocycles. The number of ether oxygens (including phenoxy) is 2. The zero-order chi connectivity index (χ0) is 19.2. The van der Waals surface area contributed by atoms with Gasteiger partial charge in [-0.15, -0.1) is 5.10 Å². The Balaban J connectivity index is 1.51. The van der Waals surface area contributed by atoms with E-state index in [9.17, 15) is 0 Å². The second-order valence-electron chi connectivity index (χ2n) is 5.90. The summed E-state index contributed by atoms with van der Waals surface area (Å²) in [5.41, 5.74) is 3.23. The normalized spacial score (nSPS) is 10.2. The highest BCUT2D eigenvalue weighted by molar-refractivity contribution is 5.66. The molecule has 1 N–H and O–H groups in total. The summed E-state index contributed by atoms with van der Waals surface area (Å²) in [5.74, 6) is 1.69. The van der Waals surface area contributed by atoms with Crippen LogP contribution in [0, 0.1) is 11.3 Å². The lowest BCUT2D eigenvalue weighted by molar-refractivity contribution is 0.290. The molecular formula is C21H15N5O2. The third-order valence-electron chi connectivity index (χ3n) is 3.97. The number of benzene rings is 2. The smallest absolute Gasteiger partial charge is 0.233 e. The van der Waals surface area contributed by atoms with E-state index in [4.69, 9.17) is 14.7 Å². The predicted octanol–water partition coefficient (Wildman–Crippen LogP) is 4.11. The van der Waals surface area contributed by atoms with Gasteiger partial charge in [0, 0.05) is 17.8 Å². The highest BCUT2D eigenvalue weighted by Crippen LogP contribution is 2.32. The topological polar surface area (TPSA) is 96.7 Å². The summed E-state index contributed by atoms with van der Waals surface area (Å²) in [6.45, 7) is 0.368. The van der Waals surface area contributed by atoms with Crippen LogP contribution >= 0.6 is 0 Å². The molecule has 0 aliphatic rings. The summed E-state index contributed by atoms with van der Waals surface area (Å²) < 4.78 is 11.6. The average Bonchev–Trinajstić information content (AvgIpc) is 3.22. The Hall–Kier alpha value is -4.18. The number of rotatable bonds is 6. The van der Waals surface area contributed by atoms with Gasteiger partial charge < -0.3 is 9.47 Å². The maximum absolute atomic E-state index is 8.90. The van der Waals surface area contributed by atoms with Crippen LogP contribution in [-0.4, -0.2) is 20.4 Å². The van der Waals surface area contributed by atoms with Gasteiger partial charge in [0.2, 0.25) is 5.88 Å². The first-order chi connectivity index (χ1) is 13.8. The quantitative estimate of drug-likeness (QED) is 0.549. The zero-order valence-corrected chi connectivity index (χ0v) is 14.7. The van der Waals surface area contributed by atoms with E-state index < -0.39 is 0 Å². The molecule has 0 saturated carbocycles. The predicted molar refractivity (Wildman–Crippen MR) is 102 cm³/mol. The number of hydrogen-bond acceptors (Lipinski definition) is 6. The third kappa shape index (κ3) is 3.97. The molecule has 0 unspecified atom stereocenters. The number of H-pyrrole nitrogens is 1. The van der Waals surface area contributed by atoms with Crippen LogP contribution in [0.15, 0.2) is 73.1 Å². The van der Waals surface area contributed by atoms with E-state index in [0.717, 1.165) is 16.8 Å². The van der Waals surface area contributed by atoms with Gasteiger partial charge in [0.05, 0.1) is 17.8 Å². The van der Waals surface area contributed by atoms with Crippen molar-refractivity contribution in [3.8, 4) is 34.7 Å². The van der Waals surface area contributed by atoms with Gasteiger partial charge in [-0.05, 0) is 42.0 Å². The zero-order valence-electron chi connectivity index (χ0n) is 14.7. The Morgan fingerprint density at radius 1 is 1.04 bits per heavy atom. The first kappa shape index (κ1) is 17.2. The Labute approximate surface area is 161 Å². The third-order valence-corrected chi connectivity index (χ3v) is 3.97. The summed E-state index contributed by atoms with van der Waals surface area (Å²) >= 11 is 0. The summed E-state index contributed by atoms with van der Waals surface area (Å²) in [6, 6.07) is 20.4. The van der Waals surface area contributed by atoms with Gasteiger partial charge in [0.15, 0.2) is 5.75 Å². The SMILES string of the molecule is N#Cc1ccc(Oc2cn[nH]c2-c2cccc(COc3cccnn3)c2)cc1. The van der Waals surface area contributed by atoms with Gasteiger partial charge in [-0.25, -0.2) is 0 Å². The first-order valence-corrected chi connectivity index (χ1v) is 8.53. The van der Waals surface area contributed by atoms with E-state index in [1.807, 2.05) is 24.3 Å². The van der Waals surface area contributed by atoms with Gasteiger partial charge in [-0.2, -0.15) is 15.5 Å². The average molecular weight is 369 g/mol. The molecule has 0 aliphatic carbocycles. The maximum atomic E-state index is 8.90. The van der Waals surface area contributed by atoms with Crippen LogP contribution in [0.2, 0.25) is 0 Å². The van der Waals surface area contributed by atoms with E-state index >= 15 is 0 Å². The number of nitriles is 1. The van der Waals surface area contributed by atoms with E-state index in [2.05, 4.69) is 26.5 Å². The molecule has 2 aromatic carbocycles. The minimum Gasteiger partial charge on any atom is -0.472 e. The van der Waals surface area contributed by atoms with Crippen molar-refractivity contribution in [1.29, 1.82) is 5.26 Å². The molecule has 7 heteroatoms. The van der Waals surface area contributed by atoms with Crippen molar-refractivity contribution in [1.82, 2.24) is 20.4 Å². The van der Waals surface area contributed by atoms with Crippen LogP contribution in [0.4, 0.5) is 0 Å². The second kappa shape index (κ2) is 8.01. The molecule has 0 amide bonds. The van der Waals surface area contributed by atoms with Crippen LogP contribution < -0.4 is 9.47 Å². The lowest BCUT2D eigenvalue weighted by atomic mass is 10.1. The minimum atomic E-state index is 0.368. The molecule has 0 saturated heterocycles. The molecule has 2 heterocycles. The molecule has 2 aromatic heterocycles. The lowest BCUT2D eigenvalue weighted by Crippen LogP contribution is -1.98. The lowest BCUT2D eigenvalue weighted by Gasteiger charge is -2.08. The molecule has 0 bridgehead atoms. The van der Waals surface area contributed by atoms with Crippen LogP contribution in [0.25, 0.3) is 11.3 Å². The number of nitrogens with one attached hydrogen (secondary N) is 1. The van der Waals surface area contributed by atoms with E-state index in [-0.39, 0.29) is 0 Å². The Morgan fingerprint density at radius 2 is 1.93 bits per heavy atom. The Kier molecular flexibility index (Phi) is 4.94. The van der Waals surface area contributed by atoms with Crippen LogP contribution in [0.5, 0.6) is 17.4 Å². The molecule has 0 atom stereocenters. The van der Waals surface area contributed by atoms with Gasteiger partial charge in [-0.3, -0.25) is 5.10 Å². The number of aromatic amines is 1. The fourth-order valence-corrected chi connectivity index (χ4v) is 2.62. The van der Waals surface area contributed by atoms with Gasteiger partial charge >= 0.3 is 0 Å². The maximum Gasteiger partial charge on any atom is 0.233 e. The van der Waals surface area contributed by atoms with Crippen molar-refractivity contribution in [3.63, 3.8) is 0 Å². The molecule has 0 fully saturated rings. The molecule has 28 heavy (non-hydrogen) atoms. The van der Waals surface area contributed by atoms with Crippen LogP contribution in [0.1, 0.15) is 11.1 Å². The summed E-state index contributed by atoms with van der Waals surface area (Å²) in [5, 5.41) is 23.7. The van der Waals surface area contributed by atoms with E-state index in [0.29, 0.717) is 29.5 Å². The molecular weight excluding hydrogens is 354 g/mol. The molecule has 4 aromatic rings. The molecule has 7 nitrogen and oxygen atoms in total. The highest BCUT2D eigenvalue weighted by Gasteiger charge is 2.11. The van der Waals surface area contributed by atoms with Crippen LogP contribution in [-0.2, 0) is 6.61 Å². The van der Waals surface area contributed by atoms with Crippen molar-refractivity contribution >= 4 is 0 Å². The highest BCUT2D eigenvalue weighted by atomic mass is 16.5. The van der Waals surface area contributed by atoms with Crippen molar-refractivity contribution in [3.05, 3.63) is 84.2 Å². The Morgan fingerprint density at radius 3 is 2.71 bits per heavy atom. The Bertz CT molecular complexity index is 1100. The fraction of sp³-hybridized carbons (Fsp3) is 0.0476. The minimum absolute atomic E-state index is 0.368. The number of nitrogens with zero attached hydrogens (tertiary/aromatic N) is 4. The van der Waals surface area contributed by atoms with E-state index in [1.165, 1.54) is 0 Å². The standard InChI is InChI=1S/C21H15N5O2/c22-12-15-6-8-18(9-7-15)28-19-13-24-26-21(19)17-4-1-3-16(11-17)14-27-20-5-2-10-23-25-20/h1-11,13H,14H2,(H,24,26). The molecule has 136 valence electrons. The number of aromatic nitrogens is 4. The summed E-state index contributed by atoms with van der Waals surface area (Å²) in [4.78, 5) is 0.